The van der Waals surface area contributed by atoms with Crippen LogP contribution in [0.2, 0.25) is 0 Å². The van der Waals surface area contributed by atoms with Crippen LogP contribution in [-0.4, -0.2) is 49.4 Å². The molecule has 10 nitrogen and oxygen atoms in total. The van der Waals surface area contributed by atoms with Crippen molar-refractivity contribution in [3.63, 3.8) is 0 Å². The molecule has 10 heteroatoms. The Morgan fingerprint density at radius 2 is 1.97 bits per heavy atom. The molecule has 188 valence electrons. The zero-order chi connectivity index (χ0) is 25.6. The summed E-state index contributed by atoms with van der Waals surface area (Å²) in [6, 6.07) is 21.2. The first kappa shape index (κ1) is 24.1. The third-order valence-electron chi connectivity index (χ3n) is 5.98. The number of aromatic nitrogens is 1. The first-order valence-corrected chi connectivity index (χ1v) is 11.9. The highest BCUT2D eigenvalue weighted by atomic mass is 16.6. The van der Waals surface area contributed by atoms with Crippen molar-refractivity contribution >= 4 is 23.6 Å². The van der Waals surface area contributed by atoms with Crippen LogP contribution in [0.4, 0.5) is 16.4 Å². The zero-order valence-corrected chi connectivity index (χ0v) is 20.0. The molecule has 0 aliphatic carbocycles. The molecule has 0 spiro atoms. The van der Waals surface area contributed by atoms with Crippen LogP contribution in [0.3, 0.4) is 0 Å². The van der Waals surface area contributed by atoms with Gasteiger partial charge in [-0.05, 0) is 60.0 Å². The predicted molar refractivity (Wildman–Crippen MR) is 135 cm³/mol. The quantitative estimate of drug-likeness (QED) is 0.429. The normalized spacial score (nSPS) is 16.3. The minimum atomic E-state index is -0.464. The van der Waals surface area contributed by atoms with Gasteiger partial charge in [0.1, 0.15) is 23.7 Å². The Hall–Kier alpha value is -4.62. The van der Waals surface area contributed by atoms with Crippen LogP contribution >= 0.6 is 0 Å². The van der Waals surface area contributed by atoms with E-state index in [0.717, 1.165) is 16.7 Å². The number of pyridine rings is 1. The molecule has 2 aliphatic heterocycles. The van der Waals surface area contributed by atoms with Gasteiger partial charge in [-0.3, -0.25) is 9.69 Å². The van der Waals surface area contributed by atoms with E-state index in [2.05, 4.69) is 21.7 Å². The number of carbonyl (C=O) groups excluding carboxylic acids is 2. The Labute approximate surface area is 213 Å². The lowest BCUT2D eigenvalue weighted by atomic mass is 10.0. The van der Waals surface area contributed by atoms with E-state index in [0.29, 0.717) is 49.2 Å². The molecule has 1 atom stereocenters. The first-order valence-electron chi connectivity index (χ1n) is 11.9. The van der Waals surface area contributed by atoms with Gasteiger partial charge in [0.15, 0.2) is 24.8 Å². The highest BCUT2D eigenvalue weighted by molar-refractivity contribution is 5.95. The van der Waals surface area contributed by atoms with Crippen LogP contribution < -0.4 is 25.0 Å². The van der Waals surface area contributed by atoms with Crippen molar-refractivity contribution < 1.29 is 23.8 Å². The fourth-order valence-electron chi connectivity index (χ4n) is 4.20. The molecule has 3 heterocycles. The topological polar surface area (TPSA) is 126 Å². The summed E-state index contributed by atoms with van der Waals surface area (Å²) in [6.07, 6.45) is -0.0919. The molecule has 1 saturated heterocycles. The molecule has 0 bridgehead atoms. The number of benzene rings is 2. The number of nitriles is 1. The number of amides is 2. The van der Waals surface area contributed by atoms with E-state index >= 15 is 0 Å². The maximum absolute atomic E-state index is 12.4. The molecule has 3 aromatic rings. The summed E-state index contributed by atoms with van der Waals surface area (Å²) in [5.74, 6) is 1.56. The van der Waals surface area contributed by atoms with Gasteiger partial charge in [0.05, 0.1) is 6.54 Å². The van der Waals surface area contributed by atoms with E-state index in [1.54, 1.807) is 12.1 Å². The van der Waals surface area contributed by atoms with Crippen molar-refractivity contribution in [1.29, 1.82) is 5.26 Å². The molecule has 2 amide bonds. The maximum atomic E-state index is 12.4. The number of nitrogens with one attached hydrogen (secondary N) is 2. The van der Waals surface area contributed by atoms with Gasteiger partial charge in [-0.2, -0.15) is 5.26 Å². The van der Waals surface area contributed by atoms with E-state index in [1.165, 1.54) is 4.90 Å². The molecular weight excluding hydrogens is 474 g/mol. The third-order valence-corrected chi connectivity index (χ3v) is 5.98. The molecule has 1 aromatic heterocycles. The summed E-state index contributed by atoms with van der Waals surface area (Å²) in [5, 5.41) is 14.8. The lowest BCUT2D eigenvalue weighted by molar-refractivity contribution is -0.118. The van der Waals surface area contributed by atoms with Gasteiger partial charge < -0.3 is 24.8 Å². The largest absolute Gasteiger partial charge is 0.480 e. The monoisotopic (exact) mass is 499 g/mol. The SMILES string of the molecule is N#CCOc1cccc(-c2cccc(CNCC[C@H]3CN(c4ccc5c(n4)NC(=O)CO5)C(=O)O3)c2)c1. The van der Waals surface area contributed by atoms with Crippen molar-refractivity contribution in [3.8, 4) is 28.7 Å². The molecular formula is C27H25N5O5. The summed E-state index contributed by atoms with van der Waals surface area (Å²) in [5.41, 5.74) is 3.19. The van der Waals surface area contributed by atoms with E-state index in [9.17, 15) is 9.59 Å². The molecule has 5 rings (SSSR count). The van der Waals surface area contributed by atoms with Crippen molar-refractivity contribution in [2.75, 3.05) is 36.5 Å². The minimum Gasteiger partial charge on any atom is -0.480 e. The van der Waals surface area contributed by atoms with Gasteiger partial charge in [0.2, 0.25) is 0 Å². The second-order valence-corrected chi connectivity index (χ2v) is 8.61. The van der Waals surface area contributed by atoms with Crippen molar-refractivity contribution in [1.82, 2.24) is 10.3 Å². The molecule has 37 heavy (non-hydrogen) atoms. The highest BCUT2D eigenvalue weighted by Crippen LogP contribution is 2.30. The van der Waals surface area contributed by atoms with E-state index in [-0.39, 0.29) is 25.2 Å². The summed E-state index contributed by atoms with van der Waals surface area (Å²) >= 11 is 0. The molecule has 0 radical (unpaired) electrons. The third kappa shape index (κ3) is 5.79. The molecule has 1 fully saturated rings. The van der Waals surface area contributed by atoms with Crippen LogP contribution in [0.25, 0.3) is 11.1 Å². The summed E-state index contributed by atoms with van der Waals surface area (Å²) < 4.78 is 16.2. The van der Waals surface area contributed by atoms with Gasteiger partial charge in [-0.1, -0.05) is 30.3 Å². The number of fused-ring (bicyclic) bond motifs is 1. The second kappa shape index (κ2) is 11.0. The predicted octanol–water partition coefficient (Wildman–Crippen LogP) is 3.49. The number of ether oxygens (including phenoxy) is 3. The summed E-state index contributed by atoms with van der Waals surface area (Å²) in [6.45, 7) is 1.66. The van der Waals surface area contributed by atoms with E-state index in [1.807, 2.05) is 48.5 Å². The number of cyclic esters (lactones) is 1. The lowest BCUT2D eigenvalue weighted by Crippen LogP contribution is -2.29. The van der Waals surface area contributed by atoms with Crippen molar-refractivity contribution in [2.24, 2.45) is 0 Å². The summed E-state index contributed by atoms with van der Waals surface area (Å²) in [4.78, 5) is 29.8. The number of hydrogen-bond donors (Lipinski definition) is 2. The zero-order valence-electron chi connectivity index (χ0n) is 20.0. The number of hydrogen-bond acceptors (Lipinski definition) is 8. The van der Waals surface area contributed by atoms with Crippen LogP contribution in [0.5, 0.6) is 11.5 Å². The fourth-order valence-corrected chi connectivity index (χ4v) is 4.20. The van der Waals surface area contributed by atoms with Crippen molar-refractivity contribution in [2.45, 2.75) is 19.1 Å². The van der Waals surface area contributed by atoms with Gasteiger partial charge in [-0.15, -0.1) is 0 Å². The lowest BCUT2D eigenvalue weighted by Gasteiger charge is -2.19. The molecule has 0 unspecified atom stereocenters. The van der Waals surface area contributed by atoms with Crippen LogP contribution in [0.1, 0.15) is 12.0 Å². The smallest absolute Gasteiger partial charge is 0.415 e. The maximum Gasteiger partial charge on any atom is 0.415 e. The number of carbonyl (C=O) groups is 2. The first-order chi connectivity index (χ1) is 18.1. The average Bonchev–Trinajstić information content (AvgIpc) is 3.30. The van der Waals surface area contributed by atoms with Gasteiger partial charge in [0, 0.05) is 6.54 Å². The molecule has 0 saturated carbocycles. The van der Waals surface area contributed by atoms with Crippen LogP contribution in [0.15, 0.2) is 60.7 Å². The van der Waals surface area contributed by atoms with E-state index < -0.39 is 6.09 Å². The van der Waals surface area contributed by atoms with E-state index in [4.69, 9.17) is 19.5 Å². The highest BCUT2D eigenvalue weighted by Gasteiger charge is 2.33. The Kier molecular flexibility index (Phi) is 7.14. The second-order valence-electron chi connectivity index (χ2n) is 8.61. The Balaban J connectivity index is 1.12. The average molecular weight is 500 g/mol. The standard InChI is InChI=1S/C27H25N5O5/c28-10-12-35-21-6-2-5-20(14-21)19-4-1-3-18(13-19)15-29-11-9-22-16-32(27(34)37-22)24-8-7-23-26(30-24)31-25(33)17-36-23/h1-8,13-14,22,29H,9,11-12,15-17H2,(H,30,31,33)/t22-/m0/s1. The molecule has 2 aromatic carbocycles. The summed E-state index contributed by atoms with van der Waals surface area (Å²) in [7, 11) is 0. The van der Waals surface area contributed by atoms with Crippen LogP contribution in [0, 0.1) is 11.3 Å². The minimum absolute atomic E-state index is 0.0124. The Morgan fingerprint density at radius 3 is 2.84 bits per heavy atom. The van der Waals surface area contributed by atoms with Crippen molar-refractivity contribution in [3.05, 3.63) is 66.2 Å². The molecule has 2 N–H and O–H groups in total. The van der Waals surface area contributed by atoms with Crippen LogP contribution in [-0.2, 0) is 16.1 Å². The van der Waals surface area contributed by atoms with Gasteiger partial charge in [-0.25, -0.2) is 9.78 Å². The Morgan fingerprint density at radius 1 is 1.14 bits per heavy atom. The fraction of sp³-hybridized carbons (Fsp3) is 0.259. The number of rotatable bonds is 9. The van der Waals surface area contributed by atoms with Gasteiger partial charge in [0.25, 0.3) is 5.91 Å². The number of anilines is 2. The number of nitrogens with zero attached hydrogens (tertiary/aromatic N) is 3. The Bertz CT molecular complexity index is 1360. The van der Waals surface area contributed by atoms with Gasteiger partial charge >= 0.3 is 6.09 Å². The molecule has 2 aliphatic rings.